The molecule has 2 aliphatic rings. The minimum atomic E-state index is -0.211. The summed E-state index contributed by atoms with van der Waals surface area (Å²) in [5.41, 5.74) is 0.155. The van der Waals surface area contributed by atoms with Gasteiger partial charge in [0.15, 0.2) is 0 Å². The number of piperidine rings is 2. The van der Waals surface area contributed by atoms with Crippen LogP contribution in [-0.4, -0.2) is 56.7 Å². The molecule has 30 heavy (non-hydrogen) atoms. The summed E-state index contributed by atoms with van der Waals surface area (Å²) in [6, 6.07) is 0. The molecule has 2 saturated heterocycles. The van der Waals surface area contributed by atoms with Gasteiger partial charge in [-0.15, -0.1) is 0 Å². The molecule has 2 heterocycles. The van der Waals surface area contributed by atoms with Crippen molar-refractivity contribution >= 4 is 0 Å². The zero-order chi connectivity index (χ0) is 22.0. The first-order valence-electron chi connectivity index (χ1n) is 11.1. The number of hydrogen-bond donors (Lipinski definition) is 1. The van der Waals surface area contributed by atoms with Gasteiger partial charge in [-0.25, -0.2) is 0 Å². The molecule has 5 heteroatoms. The number of nitrogens with zero attached hydrogens (tertiary/aromatic N) is 2. The van der Waals surface area contributed by atoms with Crippen LogP contribution in [0, 0.1) is 5.92 Å². The van der Waals surface area contributed by atoms with Crippen LogP contribution in [0.4, 0.5) is 0 Å². The SMILES string of the molecule is C.C.CCON1C(C)(C)CC(C)CC1(C)C.CCON1C(C)(C)CC(O)CC1(C)C. The molecular formula is C25H56N2O3. The van der Waals surface area contributed by atoms with E-state index in [4.69, 9.17) is 9.68 Å². The molecule has 0 aromatic carbocycles. The summed E-state index contributed by atoms with van der Waals surface area (Å²) in [6.07, 6.45) is 3.77. The van der Waals surface area contributed by atoms with Crippen LogP contribution in [0.1, 0.15) is 117 Å². The van der Waals surface area contributed by atoms with Gasteiger partial charge in [-0.1, -0.05) is 21.8 Å². The highest BCUT2D eigenvalue weighted by Crippen LogP contribution is 2.41. The van der Waals surface area contributed by atoms with Crippen LogP contribution < -0.4 is 0 Å². The third kappa shape index (κ3) is 8.05. The quantitative estimate of drug-likeness (QED) is 0.553. The van der Waals surface area contributed by atoms with Crippen molar-refractivity contribution in [3.05, 3.63) is 0 Å². The van der Waals surface area contributed by atoms with E-state index in [2.05, 4.69) is 74.3 Å². The van der Waals surface area contributed by atoms with Gasteiger partial charge in [0.2, 0.25) is 0 Å². The van der Waals surface area contributed by atoms with Crippen molar-refractivity contribution in [2.24, 2.45) is 5.92 Å². The maximum atomic E-state index is 9.78. The molecule has 0 unspecified atom stereocenters. The number of rotatable bonds is 4. The van der Waals surface area contributed by atoms with Crippen LogP contribution in [0.2, 0.25) is 0 Å². The number of aliphatic hydroxyl groups excluding tert-OH is 1. The van der Waals surface area contributed by atoms with Crippen molar-refractivity contribution in [3.63, 3.8) is 0 Å². The summed E-state index contributed by atoms with van der Waals surface area (Å²) in [6.45, 7) is 25.4. The Hall–Kier alpha value is -0.200. The fraction of sp³-hybridized carbons (Fsp3) is 1.00. The molecule has 0 amide bonds. The van der Waals surface area contributed by atoms with Crippen molar-refractivity contribution in [2.75, 3.05) is 13.2 Å². The van der Waals surface area contributed by atoms with E-state index in [0.29, 0.717) is 6.61 Å². The Morgan fingerprint density at radius 3 is 1.20 bits per heavy atom. The molecule has 2 rings (SSSR count). The summed E-state index contributed by atoms with van der Waals surface area (Å²) in [4.78, 5) is 11.5. The van der Waals surface area contributed by atoms with E-state index in [1.54, 1.807) is 0 Å². The van der Waals surface area contributed by atoms with Crippen LogP contribution in [0.5, 0.6) is 0 Å². The summed E-state index contributed by atoms with van der Waals surface area (Å²) in [7, 11) is 0. The van der Waals surface area contributed by atoms with Gasteiger partial charge < -0.3 is 5.11 Å². The molecule has 2 fully saturated rings. The van der Waals surface area contributed by atoms with Crippen LogP contribution >= 0.6 is 0 Å². The van der Waals surface area contributed by atoms with Crippen molar-refractivity contribution in [3.8, 4) is 0 Å². The lowest BCUT2D eigenvalue weighted by atomic mass is 9.76. The Kier molecular flexibility index (Phi) is 12.4. The third-order valence-corrected chi connectivity index (χ3v) is 5.88. The highest BCUT2D eigenvalue weighted by atomic mass is 16.7. The smallest absolute Gasteiger partial charge is 0.0657 e. The second-order valence-electron chi connectivity index (χ2n) is 11.2. The van der Waals surface area contributed by atoms with E-state index in [9.17, 15) is 5.11 Å². The number of aliphatic hydroxyl groups is 1. The maximum absolute atomic E-state index is 9.78. The predicted octanol–water partition coefficient (Wildman–Crippen LogP) is 6.45. The van der Waals surface area contributed by atoms with Gasteiger partial charge in [0.25, 0.3) is 0 Å². The van der Waals surface area contributed by atoms with Crippen LogP contribution in [0.3, 0.4) is 0 Å². The molecule has 0 aliphatic carbocycles. The highest BCUT2D eigenvalue weighted by Gasteiger charge is 2.46. The van der Waals surface area contributed by atoms with E-state index in [-0.39, 0.29) is 43.1 Å². The van der Waals surface area contributed by atoms with Gasteiger partial charge in [0.05, 0.1) is 19.3 Å². The Balaban J connectivity index is 0. The van der Waals surface area contributed by atoms with E-state index in [1.807, 2.05) is 12.0 Å². The molecular weight excluding hydrogens is 376 g/mol. The molecule has 0 atom stereocenters. The Morgan fingerprint density at radius 2 is 0.933 bits per heavy atom. The minimum absolute atomic E-state index is 0. The topological polar surface area (TPSA) is 45.2 Å². The monoisotopic (exact) mass is 432 g/mol. The molecule has 0 bridgehead atoms. The van der Waals surface area contributed by atoms with Gasteiger partial charge in [-0.3, -0.25) is 9.68 Å². The molecule has 0 spiro atoms. The van der Waals surface area contributed by atoms with Gasteiger partial charge in [-0.2, -0.15) is 10.1 Å². The third-order valence-electron chi connectivity index (χ3n) is 5.88. The van der Waals surface area contributed by atoms with Gasteiger partial charge in [0.1, 0.15) is 0 Å². The predicted molar refractivity (Wildman–Crippen MR) is 130 cm³/mol. The molecule has 2 aliphatic heterocycles. The number of hydroxylamine groups is 4. The van der Waals surface area contributed by atoms with Crippen molar-refractivity contribution < 1.29 is 14.8 Å². The minimum Gasteiger partial charge on any atom is -0.393 e. The first kappa shape index (κ1) is 32.0. The Labute approximate surface area is 189 Å². The summed E-state index contributed by atoms with van der Waals surface area (Å²) >= 11 is 0. The second-order valence-corrected chi connectivity index (χ2v) is 11.2. The molecule has 0 saturated carbocycles. The van der Waals surface area contributed by atoms with Crippen LogP contribution in [0.25, 0.3) is 0 Å². The largest absolute Gasteiger partial charge is 0.393 e. The van der Waals surface area contributed by atoms with Gasteiger partial charge in [0, 0.05) is 22.2 Å². The molecule has 184 valence electrons. The average molecular weight is 433 g/mol. The van der Waals surface area contributed by atoms with Crippen molar-refractivity contribution in [1.82, 2.24) is 10.1 Å². The molecule has 1 N–H and O–H groups in total. The fourth-order valence-electron chi connectivity index (χ4n) is 5.93. The molecule has 0 aromatic rings. The lowest BCUT2D eigenvalue weighted by molar-refractivity contribution is -0.289. The first-order chi connectivity index (χ1) is 12.6. The van der Waals surface area contributed by atoms with E-state index >= 15 is 0 Å². The lowest BCUT2D eigenvalue weighted by Gasteiger charge is -2.53. The highest BCUT2D eigenvalue weighted by molar-refractivity contribution is 4.97. The Bertz CT molecular complexity index is 409. The number of hydrogen-bond acceptors (Lipinski definition) is 5. The summed E-state index contributed by atoms with van der Waals surface area (Å²) < 4.78 is 0. The average Bonchev–Trinajstić information content (AvgIpc) is 2.45. The Morgan fingerprint density at radius 1 is 0.667 bits per heavy atom. The van der Waals surface area contributed by atoms with Gasteiger partial charge >= 0.3 is 0 Å². The van der Waals surface area contributed by atoms with Crippen LogP contribution in [0.15, 0.2) is 0 Å². The standard InChI is InChI=1S/C12H25NO.C11H23NO2.2CH4/c1-7-14-13-11(3,4)8-10(2)9-12(13,5)6;1-6-14-12-10(2,3)7-9(13)8-11(12,4)5;;/h10H,7-9H2,1-6H3;9,13H,6-8H2,1-5H3;2*1H4. The molecule has 5 nitrogen and oxygen atoms in total. The summed E-state index contributed by atoms with van der Waals surface area (Å²) in [5.74, 6) is 0.789. The maximum Gasteiger partial charge on any atom is 0.0657 e. The fourth-order valence-corrected chi connectivity index (χ4v) is 5.93. The van der Waals surface area contributed by atoms with Crippen molar-refractivity contribution in [2.45, 2.75) is 145 Å². The second kappa shape index (κ2) is 11.6. The summed E-state index contributed by atoms with van der Waals surface area (Å²) in [5, 5.41) is 14.0. The van der Waals surface area contributed by atoms with Crippen LogP contribution in [-0.2, 0) is 9.68 Å². The lowest BCUT2D eigenvalue weighted by Crippen LogP contribution is -2.61. The normalized spacial score (nSPS) is 26.0. The zero-order valence-corrected chi connectivity index (χ0v) is 20.6. The van der Waals surface area contributed by atoms with Crippen molar-refractivity contribution in [1.29, 1.82) is 0 Å². The molecule has 0 aromatic heterocycles. The molecule has 0 radical (unpaired) electrons. The first-order valence-corrected chi connectivity index (χ1v) is 11.1. The van der Waals surface area contributed by atoms with E-state index in [1.165, 1.54) is 12.8 Å². The van der Waals surface area contributed by atoms with E-state index < -0.39 is 0 Å². The zero-order valence-electron chi connectivity index (χ0n) is 20.6. The van der Waals surface area contributed by atoms with Gasteiger partial charge in [-0.05, 0) is 101 Å². The van der Waals surface area contributed by atoms with E-state index in [0.717, 1.165) is 25.4 Å².